The van der Waals surface area contributed by atoms with Gasteiger partial charge in [0.05, 0.1) is 13.7 Å². The Bertz CT molecular complexity index is 741. The molecule has 1 saturated heterocycles. The second-order valence-corrected chi connectivity index (χ2v) is 7.05. The number of hydrogen-bond donors (Lipinski definition) is 1. The third-order valence-corrected chi connectivity index (χ3v) is 5.11. The quantitative estimate of drug-likeness (QED) is 0.773. The number of benzene rings is 1. The summed E-state index contributed by atoms with van der Waals surface area (Å²) < 4.78 is 11.1. The summed E-state index contributed by atoms with van der Waals surface area (Å²) >= 11 is 0. The lowest BCUT2D eigenvalue weighted by Gasteiger charge is -2.40. The van der Waals surface area contributed by atoms with Gasteiger partial charge in [-0.2, -0.15) is 0 Å². The maximum Gasteiger partial charge on any atom is 0.126 e. The predicted octanol–water partition coefficient (Wildman–Crippen LogP) is 3.18. The van der Waals surface area contributed by atoms with Crippen LogP contribution in [0, 0.1) is 6.92 Å². The van der Waals surface area contributed by atoms with Crippen molar-refractivity contribution in [2.45, 2.75) is 25.9 Å². The fourth-order valence-corrected chi connectivity index (χ4v) is 3.66. The standard InChI is InChI=1S/C22H30N2O3/c1-18-9-10-21(27-18)17-24-14-13-23(16-20(24)11-15-25)12-5-7-19-6-3-4-8-22(19)26-2/h3-10,20,25H,11-17H2,1-2H3. The van der Waals surface area contributed by atoms with E-state index < -0.39 is 0 Å². The molecule has 1 aliphatic rings. The summed E-state index contributed by atoms with van der Waals surface area (Å²) in [5.41, 5.74) is 1.10. The molecule has 1 aromatic carbocycles. The average Bonchev–Trinajstić information content (AvgIpc) is 3.09. The molecule has 5 heteroatoms. The summed E-state index contributed by atoms with van der Waals surface area (Å²) in [6.07, 6.45) is 5.10. The molecular formula is C22H30N2O3. The molecule has 1 atom stereocenters. The second-order valence-electron chi connectivity index (χ2n) is 7.05. The molecule has 0 bridgehead atoms. The van der Waals surface area contributed by atoms with Crippen molar-refractivity contribution < 1.29 is 14.3 Å². The van der Waals surface area contributed by atoms with Crippen molar-refractivity contribution in [2.75, 3.05) is 39.9 Å². The highest BCUT2D eigenvalue weighted by molar-refractivity contribution is 5.57. The fraction of sp³-hybridized carbons (Fsp3) is 0.455. The summed E-state index contributed by atoms with van der Waals surface area (Å²) in [7, 11) is 1.70. The minimum atomic E-state index is 0.212. The first kappa shape index (κ1) is 19.7. The highest BCUT2D eigenvalue weighted by Gasteiger charge is 2.26. The summed E-state index contributed by atoms with van der Waals surface area (Å²) in [5, 5.41) is 9.48. The SMILES string of the molecule is COc1ccccc1C=CCN1CCN(Cc2ccc(C)o2)C(CCO)C1. The molecule has 1 unspecified atom stereocenters. The number of furan rings is 1. The third-order valence-electron chi connectivity index (χ3n) is 5.11. The lowest BCUT2D eigenvalue weighted by atomic mass is 10.1. The van der Waals surface area contributed by atoms with Gasteiger partial charge in [0, 0.05) is 44.4 Å². The zero-order valence-corrected chi connectivity index (χ0v) is 16.3. The molecule has 0 radical (unpaired) electrons. The lowest BCUT2D eigenvalue weighted by molar-refractivity contribution is 0.0547. The molecular weight excluding hydrogens is 340 g/mol. The molecule has 0 saturated carbocycles. The molecule has 1 fully saturated rings. The Morgan fingerprint density at radius 2 is 2.07 bits per heavy atom. The molecule has 0 aliphatic carbocycles. The Morgan fingerprint density at radius 3 is 2.81 bits per heavy atom. The van der Waals surface area contributed by atoms with Gasteiger partial charge >= 0.3 is 0 Å². The van der Waals surface area contributed by atoms with Crippen molar-refractivity contribution in [3.8, 4) is 5.75 Å². The maximum atomic E-state index is 9.48. The monoisotopic (exact) mass is 370 g/mol. The highest BCUT2D eigenvalue weighted by Crippen LogP contribution is 2.20. The van der Waals surface area contributed by atoms with Gasteiger partial charge in [0.1, 0.15) is 17.3 Å². The van der Waals surface area contributed by atoms with E-state index in [1.165, 1.54) is 0 Å². The highest BCUT2D eigenvalue weighted by atomic mass is 16.5. The van der Waals surface area contributed by atoms with E-state index in [1.807, 2.05) is 37.3 Å². The number of aryl methyl sites for hydroxylation is 1. The molecule has 146 valence electrons. The van der Waals surface area contributed by atoms with E-state index in [0.717, 1.165) is 62.0 Å². The van der Waals surface area contributed by atoms with Crippen LogP contribution >= 0.6 is 0 Å². The molecule has 5 nitrogen and oxygen atoms in total. The molecule has 2 aromatic rings. The van der Waals surface area contributed by atoms with E-state index in [4.69, 9.17) is 9.15 Å². The van der Waals surface area contributed by atoms with Gasteiger partial charge in [0.25, 0.3) is 0 Å². The molecule has 0 spiro atoms. The van der Waals surface area contributed by atoms with Crippen LogP contribution in [0.3, 0.4) is 0 Å². The van der Waals surface area contributed by atoms with Crippen LogP contribution in [0.1, 0.15) is 23.5 Å². The first-order valence-electron chi connectivity index (χ1n) is 9.61. The maximum absolute atomic E-state index is 9.48. The van der Waals surface area contributed by atoms with E-state index in [9.17, 15) is 5.11 Å². The second kappa shape index (κ2) is 9.74. The van der Waals surface area contributed by atoms with Crippen molar-refractivity contribution in [2.24, 2.45) is 0 Å². The largest absolute Gasteiger partial charge is 0.496 e. The smallest absolute Gasteiger partial charge is 0.126 e. The van der Waals surface area contributed by atoms with Crippen LogP contribution in [-0.4, -0.2) is 60.8 Å². The Hall–Kier alpha value is -2.08. The van der Waals surface area contributed by atoms with Gasteiger partial charge in [0.15, 0.2) is 0 Å². The van der Waals surface area contributed by atoms with Crippen LogP contribution in [0.4, 0.5) is 0 Å². The number of aliphatic hydroxyl groups is 1. The zero-order chi connectivity index (χ0) is 19.1. The third kappa shape index (κ3) is 5.45. The summed E-state index contributed by atoms with van der Waals surface area (Å²) in [6, 6.07) is 12.4. The van der Waals surface area contributed by atoms with Crippen LogP contribution in [0.15, 0.2) is 46.9 Å². The van der Waals surface area contributed by atoms with Crippen molar-refractivity contribution >= 4 is 6.08 Å². The van der Waals surface area contributed by atoms with Gasteiger partial charge in [0.2, 0.25) is 0 Å². The van der Waals surface area contributed by atoms with Gasteiger partial charge < -0.3 is 14.3 Å². The topological polar surface area (TPSA) is 49.1 Å². The first-order chi connectivity index (χ1) is 13.2. The number of piperazine rings is 1. The first-order valence-corrected chi connectivity index (χ1v) is 9.61. The van der Waals surface area contributed by atoms with E-state index in [-0.39, 0.29) is 6.61 Å². The number of aliphatic hydroxyl groups excluding tert-OH is 1. The van der Waals surface area contributed by atoms with Gasteiger partial charge in [-0.1, -0.05) is 30.4 Å². The fourth-order valence-electron chi connectivity index (χ4n) is 3.66. The van der Waals surface area contributed by atoms with Gasteiger partial charge in [-0.3, -0.25) is 9.80 Å². The number of ether oxygens (including phenoxy) is 1. The van der Waals surface area contributed by atoms with Crippen LogP contribution < -0.4 is 4.74 Å². The Kier molecular flexibility index (Phi) is 7.10. The van der Waals surface area contributed by atoms with Crippen molar-refractivity contribution in [1.82, 2.24) is 9.80 Å². The van der Waals surface area contributed by atoms with Crippen LogP contribution in [0.25, 0.3) is 6.08 Å². The molecule has 27 heavy (non-hydrogen) atoms. The van der Waals surface area contributed by atoms with Crippen molar-refractivity contribution in [3.05, 3.63) is 59.6 Å². The van der Waals surface area contributed by atoms with E-state index in [1.54, 1.807) is 7.11 Å². The van der Waals surface area contributed by atoms with Crippen LogP contribution in [0.2, 0.25) is 0 Å². The number of nitrogens with zero attached hydrogens (tertiary/aromatic N) is 2. The summed E-state index contributed by atoms with van der Waals surface area (Å²) in [4.78, 5) is 4.87. The van der Waals surface area contributed by atoms with Gasteiger partial charge in [-0.15, -0.1) is 0 Å². The molecule has 2 heterocycles. The van der Waals surface area contributed by atoms with E-state index in [0.29, 0.717) is 6.04 Å². The number of rotatable bonds is 8. The van der Waals surface area contributed by atoms with Gasteiger partial charge in [-0.05, 0) is 31.5 Å². The Morgan fingerprint density at radius 1 is 1.22 bits per heavy atom. The molecule has 0 amide bonds. The Balaban J connectivity index is 1.56. The number of methoxy groups -OCH3 is 1. The minimum absolute atomic E-state index is 0.212. The van der Waals surface area contributed by atoms with E-state index >= 15 is 0 Å². The van der Waals surface area contributed by atoms with Crippen molar-refractivity contribution in [1.29, 1.82) is 0 Å². The van der Waals surface area contributed by atoms with E-state index in [2.05, 4.69) is 28.0 Å². The number of para-hydroxylation sites is 1. The summed E-state index contributed by atoms with van der Waals surface area (Å²) in [6.45, 7) is 6.84. The molecule has 1 aliphatic heterocycles. The minimum Gasteiger partial charge on any atom is -0.496 e. The summed E-state index contributed by atoms with van der Waals surface area (Å²) in [5.74, 6) is 2.84. The predicted molar refractivity (Wildman–Crippen MR) is 108 cm³/mol. The average molecular weight is 370 g/mol. The normalized spacial score (nSPS) is 19.0. The van der Waals surface area contributed by atoms with Crippen molar-refractivity contribution in [3.63, 3.8) is 0 Å². The lowest BCUT2D eigenvalue weighted by Crippen LogP contribution is -2.52. The molecule has 1 N–H and O–H groups in total. The van der Waals surface area contributed by atoms with Gasteiger partial charge in [-0.25, -0.2) is 0 Å². The number of hydrogen-bond acceptors (Lipinski definition) is 5. The van der Waals surface area contributed by atoms with Crippen LogP contribution in [0.5, 0.6) is 5.75 Å². The zero-order valence-electron chi connectivity index (χ0n) is 16.3. The molecule has 1 aromatic heterocycles. The van der Waals surface area contributed by atoms with Crippen LogP contribution in [-0.2, 0) is 6.54 Å². The Labute approximate surface area is 161 Å². The molecule has 3 rings (SSSR count).